The van der Waals surface area contributed by atoms with Crippen LogP contribution in [0.2, 0.25) is 0 Å². The maximum absolute atomic E-state index is 12.8. The zero-order valence-corrected chi connectivity index (χ0v) is 6.51. The molecule has 0 saturated carbocycles. The summed E-state index contributed by atoms with van der Waals surface area (Å²) in [5.74, 6) is -0.922. The van der Waals surface area contributed by atoms with E-state index in [1.807, 2.05) is 0 Å². The second-order valence-electron chi connectivity index (χ2n) is 1.97. The molecule has 1 aromatic carbocycles. The van der Waals surface area contributed by atoms with E-state index < -0.39 is 11.7 Å². The van der Waals surface area contributed by atoms with Gasteiger partial charge in [0.2, 0.25) is 0 Å². The molecule has 0 heterocycles. The third-order valence-corrected chi connectivity index (χ3v) is 1.49. The normalized spacial score (nSPS) is 9.64. The first-order valence-corrected chi connectivity index (χ1v) is 3.53. The van der Waals surface area contributed by atoms with Crippen LogP contribution in [0.3, 0.4) is 0 Å². The van der Waals surface area contributed by atoms with Crippen LogP contribution in [0, 0.1) is 5.82 Å². The molecule has 0 aliphatic rings. The highest BCUT2D eigenvalue weighted by molar-refractivity contribution is 7.73. The molecule has 1 rings (SSSR count). The summed E-state index contributed by atoms with van der Waals surface area (Å²) < 4.78 is 13.8. The monoisotopic (exact) mass is 172 g/mol. The second kappa shape index (κ2) is 3.50. The van der Waals surface area contributed by atoms with E-state index in [0.717, 1.165) is 4.72 Å². The van der Waals surface area contributed by atoms with E-state index in [1.165, 1.54) is 18.2 Å². The van der Waals surface area contributed by atoms with Crippen molar-refractivity contribution in [2.24, 2.45) is 0 Å². The van der Waals surface area contributed by atoms with E-state index >= 15 is 0 Å². The topological polar surface area (TPSA) is 33.7 Å². The van der Waals surface area contributed by atoms with Crippen LogP contribution in [-0.2, 0) is 0 Å². The van der Waals surface area contributed by atoms with Gasteiger partial charge in [-0.15, -0.1) is 0 Å². The lowest BCUT2D eigenvalue weighted by Gasteiger charge is -1.94. The van der Waals surface area contributed by atoms with Crippen molar-refractivity contribution in [3.63, 3.8) is 0 Å². The fourth-order valence-electron chi connectivity index (χ4n) is 0.731. The quantitative estimate of drug-likeness (QED) is 0.590. The van der Waals surface area contributed by atoms with Gasteiger partial charge in [-0.2, -0.15) is 0 Å². The second-order valence-corrected chi connectivity index (χ2v) is 2.23. The van der Waals surface area contributed by atoms with Crippen LogP contribution in [0.25, 0.3) is 0 Å². The first kappa shape index (κ1) is 8.23. The Morgan fingerprint density at radius 3 is 2.64 bits per heavy atom. The first-order chi connectivity index (χ1) is 5.25. The Bertz CT molecular complexity index is 277. The van der Waals surface area contributed by atoms with E-state index in [1.54, 1.807) is 6.07 Å². The number of halogens is 1. The zero-order chi connectivity index (χ0) is 8.27. The SMILES string of the molecule is O=C([NH2+]S)c1ccccc1F. The minimum atomic E-state index is -0.511. The Morgan fingerprint density at radius 1 is 1.45 bits per heavy atom. The molecule has 0 atom stereocenters. The number of hydrogen-bond acceptors (Lipinski definition) is 2. The molecule has 0 spiro atoms. The van der Waals surface area contributed by atoms with E-state index in [2.05, 4.69) is 12.8 Å². The number of carbonyl (C=O) groups is 1. The van der Waals surface area contributed by atoms with E-state index in [4.69, 9.17) is 0 Å². The molecule has 0 aliphatic heterocycles. The molecule has 0 bridgehead atoms. The van der Waals surface area contributed by atoms with Gasteiger partial charge in [0.1, 0.15) is 11.4 Å². The molecule has 1 amide bonds. The number of carbonyl (C=O) groups excluding carboxylic acids is 1. The van der Waals surface area contributed by atoms with Gasteiger partial charge in [0.15, 0.2) is 0 Å². The minimum Gasteiger partial charge on any atom is -0.224 e. The molecule has 0 radical (unpaired) electrons. The third-order valence-electron chi connectivity index (χ3n) is 1.26. The maximum atomic E-state index is 12.8. The van der Waals surface area contributed by atoms with Crippen molar-refractivity contribution >= 4 is 18.7 Å². The smallest absolute Gasteiger partial charge is 0.224 e. The van der Waals surface area contributed by atoms with Gasteiger partial charge in [0, 0.05) is 0 Å². The average Bonchev–Trinajstić information content (AvgIpc) is 2.04. The molecule has 0 saturated heterocycles. The molecule has 58 valence electrons. The van der Waals surface area contributed by atoms with Crippen LogP contribution in [-0.4, -0.2) is 5.91 Å². The molecule has 0 unspecified atom stereocenters. The zero-order valence-electron chi connectivity index (χ0n) is 5.62. The van der Waals surface area contributed by atoms with Crippen molar-refractivity contribution in [2.75, 3.05) is 0 Å². The van der Waals surface area contributed by atoms with Crippen LogP contribution in [0.15, 0.2) is 24.3 Å². The molecule has 0 aliphatic carbocycles. The molecule has 11 heavy (non-hydrogen) atoms. The number of amides is 1. The van der Waals surface area contributed by atoms with Crippen molar-refractivity contribution < 1.29 is 13.9 Å². The van der Waals surface area contributed by atoms with Crippen LogP contribution in [0.1, 0.15) is 10.4 Å². The summed E-state index contributed by atoms with van der Waals surface area (Å²) in [5.41, 5.74) is 0.0579. The number of benzene rings is 1. The molecule has 0 aromatic heterocycles. The highest BCUT2D eigenvalue weighted by Crippen LogP contribution is 2.03. The summed E-state index contributed by atoms with van der Waals surface area (Å²) in [6.45, 7) is 0. The molecule has 2 N–H and O–H groups in total. The van der Waals surface area contributed by atoms with Crippen molar-refractivity contribution in [1.29, 1.82) is 0 Å². The van der Waals surface area contributed by atoms with Crippen molar-refractivity contribution in [3.05, 3.63) is 35.6 Å². The molecule has 4 heteroatoms. The molecular weight excluding hydrogens is 165 g/mol. The van der Waals surface area contributed by atoms with Crippen LogP contribution < -0.4 is 4.72 Å². The third kappa shape index (κ3) is 1.78. The van der Waals surface area contributed by atoms with Gasteiger partial charge >= 0.3 is 5.91 Å². The predicted octanol–water partition coefficient (Wildman–Crippen LogP) is 0.374. The maximum Gasteiger partial charge on any atom is 0.356 e. The van der Waals surface area contributed by atoms with Crippen LogP contribution >= 0.6 is 12.8 Å². The van der Waals surface area contributed by atoms with Gasteiger partial charge in [-0.1, -0.05) is 12.1 Å². The highest BCUT2D eigenvalue weighted by atomic mass is 32.1. The van der Waals surface area contributed by atoms with Gasteiger partial charge < -0.3 is 0 Å². The van der Waals surface area contributed by atoms with Crippen molar-refractivity contribution in [1.82, 2.24) is 0 Å². The van der Waals surface area contributed by atoms with Crippen molar-refractivity contribution in [3.8, 4) is 0 Å². The predicted molar refractivity (Wildman–Crippen MR) is 41.6 cm³/mol. The molecule has 1 aromatic rings. The minimum absolute atomic E-state index is 0.0579. The summed E-state index contributed by atoms with van der Waals surface area (Å²) >= 11 is 3.63. The molecular formula is C7H7FNOS+. The fraction of sp³-hybridized carbons (Fsp3) is 0. The summed E-state index contributed by atoms with van der Waals surface area (Å²) in [7, 11) is 0. The molecule has 0 fully saturated rings. The average molecular weight is 172 g/mol. The van der Waals surface area contributed by atoms with Gasteiger partial charge in [-0.3, -0.25) is 0 Å². The fourth-order valence-corrected chi connectivity index (χ4v) is 0.870. The Hall–Kier alpha value is -0.870. The summed E-state index contributed by atoms with van der Waals surface area (Å²) in [4.78, 5) is 10.9. The van der Waals surface area contributed by atoms with Crippen LogP contribution in [0.4, 0.5) is 4.39 Å². The highest BCUT2D eigenvalue weighted by Gasteiger charge is 2.11. The summed E-state index contributed by atoms with van der Waals surface area (Å²) in [6, 6.07) is 5.80. The lowest BCUT2D eigenvalue weighted by atomic mass is 10.2. The van der Waals surface area contributed by atoms with Gasteiger partial charge in [-0.25, -0.2) is 13.9 Å². The number of thiol groups is 1. The standard InChI is InChI=1S/C7H6FNOS/c8-6-4-2-1-3-5(6)7(10)9-11/h1-4,11H,(H,9,10)/p+1. The van der Waals surface area contributed by atoms with Gasteiger partial charge in [0.05, 0.1) is 12.8 Å². The Kier molecular flexibility index (Phi) is 2.62. The largest absolute Gasteiger partial charge is 0.356 e. The Labute approximate surface area is 69.0 Å². The first-order valence-electron chi connectivity index (χ1n) is 3.02. The lowest BCUT2D eigenvalue weighted by Crippen LogP contribution is -2.77. The Balaban J connectivity index is 3.03. The lowest BCUT2D eigenvalue weighted by molar-refractivity contribution is -0.362. The summed E-state index contributed by atoms with van der Waals surface area (Å²) in [5, 5.41) is 0. The van der Waals surface area contributed by atoms with E-state index in [-0.39, 0.29) is 5.56 Å². The number of hydrogen-bond donors (Lipinski definition) is 2. The van der Waals surface area contributed by atoms with Crippen molar-refractivity contribution in [2.45, 2.75) is 0 Å². The van der Waals surface area contributed by atoms with Crippen LogP contribution in [0.5, 0.6) is 0 Å². The number of quaternary nitrogens is 1. The number of rotatable bonds is 1. The Morgan fingerprint density at radius 2 is 2.09 bits per heavy atom. The van der Waals surface area contributed by atoms with Gasteiger partial charge in [-0.05, 0) is 12.1 Å². The molecule has 2 nitrogen and oxygen atoms in total. The number of nitrogens with two attached hydrogens (primary N) is 1. The summed E-state index contributed by atoms with van der Waals surface area (Å²) in [6.07, 6.45) is 0. The van der Waals surface area contributed by atoms with E-state index in [9.17, 15) is 9.18 Å². The number of primary amides is 1. The van der Waals surface area contributed by atoms with E-state index in [0.29, 0.717) is 0 Å². The van der Waals surface area contributed by atoms with Gasteiger partial charge in [0.25, 0.3) is 0 Å².